The molecule has 0 saturated carbocycles. The smallest absolute Gasteiger partial charge is 0.240 e. The molecule has 0 N–H and O–H groups in total. The van der Waals surface area contributed by atoms with Gasteiger partial charge in [-0.1, -0.05) is 22.7 Å². The van der Waals surface area contributed by atoms with Gasteiger partial charge in [-0.15, -0.1) is 0 Å². The van der Waals surface area contributed by atoms with Gasteiger partial charge in [-0.2, -0.15) is 8.84 Å². The van der Waals surface area contributed by atoms with Gasteiger partial charge in [0.05, 0.1) is 20.4 Å². The molecule has 0 fully saturated rings. The lowest BCUT2D eigenvalue weighted by molar-refractivity contribution is -0.116. The lowest BCUT2D eigenvalue weighted by atomic mass is 10.3. The molecule has 0 unspecified atom stereocenters. The number of halogens is 2. The third kappa shape index (κ3) is 2.63. The van der Waals surface area contributed by atoms with Crippen LogP contribution in [-0.4, -0.2) is 21.8 Å². The quantitative estimate of drug-likeness (QED) is 0.637. The average molecular weight is 375 g/mol. The normalized spacial score (nSPS) is 11.1. The van der Waals surface area contributed by atoms with Gasteiger partial charge in [-0.05, 0) is 12.1 Å². The Bertz CT molecular complexity index is 786. The number of benzene rings is 1. The maximum atomic E-state index is 11.3. The summed E-state index contributed by atoms with van der Waals surface area (Å²) < 4.78 is 3.70. The van der Waals surface area contributed by atoms with Crippen molar-refractivity contribution in [2.45, 2.75) is 13.8 Å². The van der Waals surface area contributed by atoms with Crippen molar-refractivity contribution in [3.05, 3.63) is 12.1 Å². The Morgan fingerprint density at radius 1 is 0.909 bits per heavy atom. The molecule has 0 aliphatic carbocycles. The molecule has 114 valence electrons. The summed E-state index contributed by atoms with van der Waals surface area (Å²) in [5.41, 5.74) is 1.36. The molecular formula is C12H8Cl2N4O2S2. The number of amides is 2. The van der Waals surface area contributed by atoms with E-state index in [0.717, 1.165) is 18.2 Å². The second-order valence-electron chi connectivity index (χ2n) is 4.38. The Labute approximate surface area is 143 Å². The van der Waals surface area contributed by atoms with Gasteiger partial charge in [0.1, 0.15) is 0 Å². The summed E-state index contributed by atoms with van der Waals surface area (Å²) in [7, 11) is 0. The molecule has 0 aliphatic rings. The molecule has 1 aromatic carbocycles. The molecule has 2 heterocycles. The van der Waals surface area contributed by atoms with Crippen LogP contribution in [0.15, 0.2) is 12.1 Å². The summed E-state index contributed by atoms with van der Waals surface area (Å²) in [6.45, 7) is 2.73. The third-order valence-electron chi connectivity index (χ3n) is 2.76. The summed E-state index contributed by atoms with van der Waals surface area (Å²) in [5.74, 6) is -0.607. The Morgan fingerprint density at radius 2 is 1.32 bits per heavy atom. The number of hydrogen-bond acceptors (Lipinski definition) is 6. The maximum absolute atomic E-state index is 11.3. The second-order valence-corrected chi connectivity index (χ2v) is 7.07. The van der Waals surface area contributed by atoms with Gasteiger partial charge in [-0.3, -0.25) is 9.59 Å². The van der Waals surface area contributed by atoms with E-state index in [1.54, 1.807) is 6.07 Å². The molecule has 0 saturated heterocycles. The Kier molecular flexibility index (Phi) is 3.94. The van der Waals surface area contributed by atoms with Gasteiger partial charge in [0.15, 0.2) is 0 Å². The SMILES string of the molecule is CC(=O)N(Cl)c1nc2cc3nc(N(Cl)C(C)=O)sc3cc2s1. The molecule has 0 atom stereocenters. The maximum Gasteiger partial charge on any atom is 0.240 e. The van der Waals surface area contributed by atoms with Crippen LogP contribution in [-0.2, 0) is 9.59 Å². The minimum Gasteiger partial charge on any atom is -0.273 e. The highest BCUT2D eigenvalue weighted by molar-refractivity contribution is 7.24. The van der Waals surface area contributed by atoms with Crippen molar-refractivity contribution < 1.29 is 9.59 Å². The molecule has 6 nitrogen and oxygen atoms in total. The van der Waals surface area contributed by atoms with Crippen LogP contribution in [0.4, 0.5) is 10.3 Å². The molecule has 22 heavy (non-hydrogen) atoms. The summed E-state index contributed by atoms with van der Waals surface area (Å²) in [5, 5.41) is 0.814. The molecule has 0 spiro atoms. The Morgan fingerprint density at radius 3 is 1.68 bits per heavy atom. The van der Waals surface area contributed by atoms with E-state index in [9.17, 15) is 9.59 Å². The number of carbonyl (C=O) groups is 2. The van der Waals surface area contributed by atoms with Gasteiger partial charge in [-0.25, -0.2) is 9.97 Å². The minimum absolute atomic E-state index is 0.304. The molecule has 3 aromatic rings. The number of rotatable bonds is 2. The molecule has 0 bridgehead atoms. The van der Waals surface area contributed by atoms with Crippen LogP contribution in [0.5, 0.6) is 0 Å². The van der Waals surface area contributed by atoms with E-state index in [4.69, 9.17) is 23.6 Å². The van der Waals surface area contributed by atoms with Crippen LogP contribution >= 0.6 is 46.2 Å². The first-order chi connectivity index (χ1) is 10.4. The Balaban J connectivity index is 2.09. The van der Waals surface area contributed by atoms with Crippen LogP contribution in [0.1, 0.15) is 13.8 Å². The zero-order chi connectivity index (χ0) is 16.0. The van der Waals surface area contributed by atoms with Gasteiger partial charge < -0.3 is 0 Å². The highest BCUT2D eigenvalue weighted by Crippen LogP contribution is 2.36. The summed E-state index contributed by atoms with van der Waals surface area (Å²) in [6.07, 6.45) is 0. The topological polar surface area (TPSA) is 66.4 Å². The van der Waals surface area contributed by atoms with Crippen LogP contribution in [0.3, 0.4) is 0 Å². The van der Waals surface area contributed by atoms with E-state index in [1.807, 2.05) is 6.07 Å². The first-order valence-electron chi connectivity index (χ1n) is 6.01. The van der Waals surface area contributed by atoms with Crippen LogP contribution in [0.25, 0.3) is 20.4 Å². The first-order valence-corrected chi connectivity index (χ1v) is 8.32. The molecule has 2 amide bonds. The van der Waals surface area contributed by atoms with Crippen molar-refractivity contribution in [2.75, 3.05) is 8.84 Å². The monoisotopic (exact) mass is 374 g/mol. The van der Waals surface area contributed by atoms with E-state index in [2.05, 4.69) is 9.97 Å². The van der Waals surface area contributed by atoms with E-state index < -0.39 is 0 Å². The average Bonchev–Trinajstić information content (AvgIpc) is 3.04. The first kappa shape index (κ1) is 15.4. The van der Waals surface area contributed by atoms with E-state index in [-0.39, 0.29) is 11.8 Å². The molecule has 0 radical (unpaired) electrons. The van der Waals surface area contributed by atoms with Gasteiger partial charge in [0, 0.05) is 37.4 Å². The zero-order valence-electron chi connectivity index (χ0n) is 11.3. The standard InChI is InChI=1S/C12H8Cl2N4O2S2/c1-5(19)17(13)11-15-7-3-8-10(4-9(7)21-11)22-12(16-8)18(14)6(2)20/h3-4H,1-2H3. The molecule has 0 aliphatic heterocycles. The fraction of sp³-hybridized carbons (Fsp3) is 0.167. The molecule has 10 heteroatoms. The lowest BCUT2D eigenvalue weighted by Gasteiger charge is -2.04. The number of nitrogens with zero attached hydrogens (tertiary/aromatic N) is 4. The van der Waals surface area contributed by atoms with Crippen molar-refractivity contribution >= 4 is 88.7 Å². The number of aromatic nitrogens is 2. The number of carbonyl (C=O) groups excluding carboxylic acids is 2. The van der Waals surface area contributed by atoms with E-state index in [1.165, 1.54) is 36.5 Å². The predicted molar refractivity (Wildman–Crippen MR) is 90.8 cm³/mol. The number of anilines is 2. The van der Waals surface area contributed by atoms with Crippen molar-refractivity contribution in [1.82, 2.24) is 9.97 Å². The summed E-state index contributed by atoms with van der Waals surface area (Å²) in [4.78, 5) is 31.2. The van der Waals surface area contributed by atoms with Gasteiger partial charge in [0.2, 0.25) is 22.1 Å². The predicted octanol–water partition coefficient (Wildman–Crippen LogP) is 3.92. The number of fused-ring (bicyclic) bond motifs is 2. The van der Waals surface area contributed by atoms with Gasteiger partial charge in [0.25, 0.3) is 0 Å². The number of hydrogen-bond donors (Lipinski definition) is 0. The minimum atomic E-state index is -0.304. The fourth-order valence-corrected chi connectivity index (χ4v) is 3.99. The molecule has 2 aromatic heterocycles. The number of thiazole rings is 2. The Hall–Kier alpha value is -1.48. The van der Waals surface area contributed by atoms with Crippen LogP contribution < -0.4 is 8.84 Å². The lowest BCUT2D eigenvalue weighted by Crippen LogP contribution is -2.15. The van der Waals surface area contributed by atoms with Crippen molar-refractivity contribution in [3.8, 4) is 0 Å². The largest absolute Gasteiger partial charge is 0.273 e. The second kappa shape index (κ2) is 5.62. The zero-order valence-corrected chi connectivity index (χ0v) is 14.5. The van der Waals surface area contributed by atoms with E-state index >= 15 is 0 Å². The van der Waals surface area contributed by atoms with Crippen molar-refractivity contribution in [1.29, 1.82) is 0 Å². The van der Waals surface area contributed by atoms with Crippen molar-refractivity contribution in [3.63, 3.8) is 0 Å². The highest BCUT2D eigenvalue weighted by atomic mass is 35.5. The van der Waals surface area contributed by atoms with Crippen LogP contribution in [0.2, 0.25) is 0 Å². The third-order valence-corrected chi connectivity index (χ3v) is 5.77. The van der Waals surface area contributed by atoms with E-state index in [0.29, 0.717) is 21.3 Å². The van der Waals surface area contributed by atoms with Crippen LogP contribution in [0, 0.1) is 0 Å². The molecule has 3 rings (SSSR count). The highest BCUT2D eigenvalue weighted by Gasteiger charge is 2.17. The van der Waals surface area contributed by atoms with Gasteiger partial charge >= 0.3 is 0 Å². The fourth-order valence-electron chi connectivity index (χ4n) is 1.76. The summed E-state index contributed by atoms with van der Waals surface area (Å²) >= 11 is 14.4. The summed E-state index contributed by atoms with van der Waals surface area (Å²) in [6, 6.07) is 3.67. The molecular weight excluding hydrogens is 367 g/mol. The van der Waals surface area contributed by atoms with Crippen molar-refractivity contribution in [2.24, 2.45) is 0 Å².